The Kier molecular flexibility index (Phi) is 2.67. The van der Waals surface area contributed by atoms with E-state index in [1.54, 1.807) is 18.2 Å². The van der Waals surface area contributed by atoms with Crippen LogP contribution in [0.5, 0.6) is 0 Å². The average molecular weight is 199 g/mol. The molecule has 70 valence electrons. The van der Waals surface area contributed by atoms with E-state index in [-0.39, 0.29) is 4.90 Å². The Balaban J connectivity index is 3.37. The number of benzene rings is 1. The first-order valence-electron chi connectivity index (χ1n) is 3.52. The normalized spacial score (nSPS) is 12.1. The number of oxime groups is 1. The zero-order valence-electron chi connectivity index (χ0n) is 7.01. The van der Waals surface area contributed by atoms with Crippen LogP contribution in [-0.2, 0) is 9.84 Å². The minimum atomic E-state index is -3.26. The lowest BCUT2D eigenvalue weighted by Gasteiger charge is -2.00. The highest BCUT2D eigenvalue weighted by molar-refractivity contribution is 7.90. The van der Waals surface area contributed by atoms with Crippen molar-refractivity contribution in [1.29, 1.82) is 0 Å². The molecule has 0 spiro atoms. The largest absolute Gasteiger partial charge is 0.411 e. The van der Waals surface area contributed by atoms with Gasteiger partial charge in [-0.15, -0.1) is 0 Å². The zero-order chi connectivity index (χ0) is 9.90. The van der Waals surface area contributed by atoms with Crippen LogP contribution < -0.4 is 0 Å². The lowest BCUT2D eigenvalue weighted by atomic mass is 10.2. The van der Waals surface area contributed by atoms with E-state index in [0.717, 1.165) is 12.5 Å². The van der Waals surface area contributed by atoms with Crippen molar-refractivity contribution >= 4 is 16.1 Å². The van der Waals surface area contributed by atoms with Crippen LogP contribution in [0, 0.1) is 0 Å². The van der Waals surface area contributed by atoms with E-state index < -0.39 is 9.84 Å². The van der Waals surface area contributed by atoms with Crippen LogP contribution in [0.15, 0.2) is 34.3 Å². The number of hydrogen-bond acceptors (Lipinski definition) is 4. The summed E-state index contributed by atoms with van der Waals surface area (Å²) in [5.74, 6) is 0. The maximum absolute atomic E-state index is 11.2. The van der Waals surface area contributed by atoms with Gasteiger partial charge in [0, 0.05) is 11.8 Å². The van der Waals surface area contributed by atoms with Crippen LogP contribution in [0.25, 0.3) is 0 Å². The van der Waals surface area contributed by atoms with Crippen molar-refractivity contribution in [3.63, 3.8) is 0 Å². The quantitative estimate of drug-likeness (QED) is 0.437. The molecule has 0 atom stereocenters. The minimum absolute atomic E-state index is 0.160. The van der Waals surface area contributed by atoms with Gasteiger partial charge in [0.2, 0.25) is 0 Å². The van der Waals surface area contributed by atoms with E-state index in [1.165, 1.54) is 6.07 Å². The van der Waals surface area contributed by atoms with Crippen molar-refractivity contribution in [3.8, 4) is 0 Å². The molecule has 0 heterocycles. The van der Waals surface area contributed by atoms with Crippen LogP contribution in [0.2, 0.25) is 0 Å². The number of sulfone groups is 1. The van der Waals surface area contributed by atoms with Crippen LogP contribution in [-0.4, -0.2) is 26.1 Å². The van der Waals surface area contributed by atoms with Crippen LogP contribution in [0.1, 0.15) is 5.56 Å². The van der Waals surface area contributed by atoms with Gasteiger partial charge in [-0.2, -0.15) is 0 Å². The first kappa shape index (κ1) is 9.73. The minimum Gasteiger partial charge on any atom is -0.411 e. The molecule has 1 aromatic carbocycles. The molecule has 0 radical (unpaired) electrons. The van der Waals surface area contributed by atoms with Gasteiger partial charge in [-0.1, -0.05) is 23.4 Å². The van der Waals surface area contributed by atoms with Gasteiger partial charge in [0.05, 0.1) is 11.1 Å². The summed E-state index contributed by atoms with van der Waals surface area (Å²) in [5, 5.41) is 11.1. The summed E-state index contributed by atoms with van der Waals surface area (Å²) in [4.78, 5) is 0.160. The average Bonchev–Trinajstić information content (AvgIpc) is 2.04. The van der Waals surface area contributed by atoms with E-state index in [9.17, 15) is 8.42 Å². The molecule has 0 aliphatic heterocycles. The Bertz CT molecular complexity index is 423. The topological polar surface area (TPSA) is 66.7 Å². The summed E-state index contributed by atoms with van der Waals surface area (Å²) in [7, 11) is -3.26. The Morgan fingerprint density at radius 3 is 2.54 bits per heavy atom. The molecule has 4 nitrogen and oxygen atoms in total. The summed E-state index contributed by atoms with van der Waals surface area (Å²) in [5.41, 5.74) is 0.382. The maximum atomic E-state index is 11.2. The Morgan fingerprint density at radius 1 is 1.38 bits per heavy atom. The van der Waals surface area contributed by atoms with Gasteiger partial charge in [-0.25, -0.2) is 8.42 Å². The van der Waals surface area contributed by atoms with Crippen molar-refractivity contribution in [2.45, 2.75) is 4.90 Å². The highest BCUT2D eigenvalue weighted by Crippen LogP contribution is 2.12. The van der Waals surface area contributed by atoms with Gasteiger partial charge >= 0.3 is 0 Å². The van der Waals surface area contributed by atoms with Gasteiger partial charge < -0.3 is 5.21 Å². The van der Waals surface area contributed by atoms with E-state index in [0.29, 0.717) is 5.56 Å². The van der Waals surface area contributed by atoms with Crippen molar-refractivity contribution in [1.82, 2.24) is 0 Å². The molecule has 1 aromatic rings. The Labute approximate surface area is 76.4 Å². The standard InChI is InChI=1S/C8H9NO3S/c1-13(11,12)8-5-3-2-4-7(8)6-9-10/h2-6,10H,1H3. The van der Waals surface area contributed by atoms with Crippen LogP contribution >= 0.6 is 0 Å². The molecule has 1 N–H and O–H groups in total. The second kappa shape index (κ2) is 3.57. The first-order chi connectivity index (χ1) is 6.05. The van der Waals surface area contributed by atoms with Gasteiger partial charge in [0.25, 0.3) is 0 Å². The molecule has 13 heavy (non-hydrogen) atoms. The molecule has 1 rings (SSSR count). The Morgan fingerprint density at radius 2 is 2.00 bits per heavy atom. The summed E-state index contributed by atoms with van der Waals surface area (Å²) in [6, 6.07) is 6.32. The third-order valence-corrected chi connectivity index (χ3v) is 2.69. The van der Waals surface area contributed by atoms with E-state index in [1.807, 2.05) is 0 Å². The molecule has 0 amide bonds. The van der Waals surface area contributed by atoms with Gasteiger partial charge in [0.1, 0.15) is 0 Å². The highest BCUT2D eigenvalue weighted by Gasteiger charge is 2.10. The molecule has 5 heteroatoms. The lowest BCUT2D eigenvalue weighted by Crippen LogP contribution is -2.01. The third-order valence-electron chi connectivity index (χ3n) is 1.52. The molecular formula is C8H9NO3S. The van der Waals surface area contributed by atoms with Crippen molar-refractivity contribution < 1.29 is 13.6 Å². The predicted octanol–water partition coefficient (Wildman–Crippen LogP) is 0.898. The lowest BCUT2D eigenvalue weighted by molar-refractivity contribution is 0.322. The zero-order valence-corrected chi connectivity index (χ0v) is 7.82. The molecule has 0 aliphatic carbocycles. The SMILES string of the molecule is CS(=O)(=O)c1ccccc1C=NO. The van der Waals surface area contributed by atoms with Crippen molar-refractivity contribution in [2.75, 3.05) is 6.26 Å². The Hall–Kier alpha value is -1.36. The van der Waals surface area contributed by atoms with Crippen LogP contribution in [0.3, 0.4) is 0 Å². The second-order valence-corrected chi connectivity index (χ2v) is 4.54. The summed E-state index contributed by atoms with van der Waals surface area (Å²) in [6.07, 6.45) is 2.20. The van der Waals surface area contributed by atoms with E-state index in [4.69, 9.17) is 5.21 Å². The van der Waals surface area contributed by atoms with Crippen molar-refractivity contribution in [3.05, 3.63) is 29.8 Å². The fourth-order valence-corrected chi connectivity index (χ4v) is 1.86. The third kappa shape index (κ3) is 2.29. The molecule has 0 saturated heterocycles. The molecule has 0 saturated carbocycles. The van der Waals surface area contributed by atoms with E-state index >= 15 is 0 Å². The molecular weight excluding hydrogens is 190 g/mol. The molecule has 0 fully saturated rings. The summed E-state index contributed by atoms with van der Waals surface area (Å²) >= 11 is 0. The van der Waals surface area contributed by atoms with Crippen molar-refractivity contribution in [2.24, 2.45) is 5.16 Å². The summed E-state index contributed by atoms with van der Waals surface area (Å²) in [6.45, 7) is 0. The molecule has 0 aliphatic rings. The summed E-state index contributed by atoms with van der Waals surface area (Å²) < 4.78 is 22.4. The second-order valence-electron chi connectivity index (χ2n) is 2.55. The maximum Gasteiger partial charge on any atom is 0.176 e. The molecule has 0 unspecified atom stereocenters. The fraction of sp³-hybridized carbons (Fsp3) is 0.125. The van der Waals surface area contributed by atoms with Gasteiger partial charge in [-0.05, 0) is 6.07 Å². The van der Waals surface area contributed by atoms with E-state index in [2.05, 4.69) is 5.16 Å². The fourth-order valence-electron chi connectivity index (χ4n) is 0.987. The van der Waals surface area contributed by atoms with Gasteiger partial charge in [-0.3, -0.25) is 0 Å². The first-order valence-corrected chi connectivity index (χ1v) is 5.41. The molecule has 0 aromatic heterocycles. The number of hydrogen-bond donors (Lipinski definition) is 1. The number of rotatable bonds is 2. The van der Waals surface area contributed by atoms with Crippen LogP contribution in [0.4, 0.5) is 0 Å². The smallest absolute Gasteiger partial charge is 0.176 e. The highest BCUT2D eigenvalue weighted by atomic mass is 32.2. The number of nitrogens with zero attached hydrogens (tertiary/aromatic N) is 1. The molecule has 0 bridgehead atoms. The monoisotopic (exact) mass is 199 g/mol. The van der Waals surface area contributed by atoms with Gasteiger partial charge in [0.15, 0.2) is 9.84 Å². The predicted molar refractivity (Wildman–Crippen MR) is 48.9 cm³/mol.